The van der Waals surface area contributed by atoms with E-state index in [1.807, 2.05) is 18.2 Å². The molecule has 0 spiro atoms. The molecule has 3 aromatic carbocycles. The highest BCUT2D eigenvalue weighted by molar-refractivity contribution is 8.26. The third kappa shape index (κ3) is 4.98. The van der Waals surface area contributed by atoms with Gasteiger partial charge in [-0.1, -0.05) is 72.5 Å². The summed E-state index contributed by atoms with van der Waals surface area (Å²) in [5.41, 5.74) is 2.70. The molecule has 4 aromatic rings. The number of benzene rings is 3. The van der Waals surface area contributed by atoms with Crippen LogP contribution in [-0.4, -0.2) is 42.9 Å². The molecule has 0 atom stereocenters. The first-order valence-corrected chi connectivity index (χ1v) is 14.5. The van der Waals surface area contributed by atoms with Crippen molar-refractivity contribution >= 4 is 63.0 Å². The van der Waals surface area contributed by atoms with Gasteiger partial charge in [0, 0.05) is 12.6 Å². The molecule has 0 unspecified atom stereocenters. The van der Waals surface area contributed by atoms with Gasteiger partial charge in [-0.2, -0.15) is 0 Å². The highest BCUT2D eigenvalue weighted by Gasteiger charge is 2.42. The molecule has 0 bridgehead atoms. The third-order valence-electron chi connectivity index (χ3n) is 7.37. The Labute approximate surface area is 255 Å². The van der Waals surface area contributed by atoms with Gasteiger partial charge in [0.1, 0.15) is 22.4 Å². The summed E-state index contributed by atoms with van der Waals surface area (Å²) in [6.45, 7) is 1.47. The molecule has 1 N–H and O–H groups in total. The van der Waals surface area contributed by atoms with Crippen molar-refractivity contribution in [2.45, 2.75) is 13.5 Å². The Kier molecular flexibility index (Phi) is 7.32. The van der Waals surface area contributed by atoms with Crippen LogP contribution in [0.15, 0.2) is 88.6 Å². The van der Waals surface area contributed by atoms with E-state index in [9.17, 15) is 23.6 Å². The maximum atomic E-state index is 13.8. The molecule has 0 radical (unpaired) electrons. The zero-order valence-electron chi connectivity index (χ0n) is 23.0. The molecule has 12 heteroatoms. The number of para-hydroxylation sites is 2. The largest absolute Gasteiger partial charge is 0.318 e. The lowest BCUT2D eigenvalue weighted by Crippen LogP contribution is -2.36. The van der Waals surface area contributed by atoms with Crippen molar-refractivity contribution in [2.75, 3.05) is 16.8 Å². The molecule has 2 aliphatic rings. The van der Waals surface area contributed by atoms with Crippen LogP contribution >= 0.6 is 24.0 Å². The first-order chi connectivity index (χ1) is 20.7. The monoisotopic (exact) mass is 613 g/mol. The number of carbonyl (C=O) groups excluding carboxylic acids is 3. The van der Waals surface area contributed by atoms with Crippen molar-refractivity contribution in [3.8, 4) is 5.69 Å². The molecular weight excluding hydrogens is 590 g/mol. The van der Waals surface area contributed by atoms with E-state index < -0.39 is 29.1 Å². The average molecular weight is 614 g/mol. The zero-order chi connectivity index (χ0) is 30.4. The maximum Gasteiger partial charge on any atom is 0.295 e. The summed E-state index contributed by atoms with van der Waals surface area (Å²) in [4.78, 5) is 56.8. The van der Waals surface area contributed by atoms with E-state index in [-0.39, 0.29) is 33.6 Å². The second kappa shape index (κ2) is 11.1. The minimum absolute atomic E-state index is 0.109. The fourth-order valence-electron chi connectivity index (χ4n) is 5.15. The van der Waals surface area contributed by atoms with Crippen LogP contribution < -0.4 is 15.8 Å². The second-order valence-electron chi connectivity index (χ2n) is 9.98. The number of fused-ring (bicyclic) bond motifs is 1. The molecule has 216 valence electrons. The fourth-order valence-corrected chi connectivity index (χ4v) is 6.48. The van der Waals surface area contributed by atoms with Crippen LogP contribution in [0.25, 0.3) is 11.3 Å². The Morgan fingerprint density at radius 1 is 0.907 bits per heavy atom. The summed E-state index contributed by atoms with van der Waals surface area (Å²) in [5, 5.41) is 2.70. The number of hydrogen-bond acceptors (Lipinski definition) is 6. The van der Waals surface area contributed by atoms with E-state index in [1.54, 1.807) is 67.2 Å². The van der Waals surface area contributed by atoms with Crippen molar-refractivity contribution in [2.24, 2.45) is 7.05 Å². The molecular formula is C31H24FN5O4S2. The van der Waals surface area contributed by atoms with Crippen LogP contribution in [-0.2, 0) is 28.0 Å². The number of aromatic nitrogens is 2. The lowest BCUT2D eigenvalue weighted by atomic mass is 10.1. The predicted molar refractivity (Wildman–Crippen MR) is 167 cm³/mol. The molecule has 0 saturated carbocycles. The van der Waals surface area contributed by atoms with Gasteiger partial charge < -0.3 is 5.32 Å². The summed E-state index contributed by atoms with van der Waals surface area (Å²) in [5.74, 6) is -1.92. The highest BCUT2D eigenvalue weighted by Crippen LogP contribution is 2.44. The van der Waals surface area contributed by atoms with Crippen LogP contribution in [0, 0.1) is 12.7 Å². The van der Waals surface area contributed by atoms with E-state index in [0.29, 0.717) is 28.2 Å². The Balaban J connectivity index is 1.27. The first kappa shape index (κ1) is 28.3. The Bertz CT molecular complexity index is 1910. The van der Waals surface area contributed by atoms with Crippen LogP contribution in [0.4, 0.5) is 15.8 Å². The SMILES string of the molecule is Cc1c(NC(=O)CN2C(=O)C(=C3SC(=S)N(Cc4ccc(F)cc4)C3=O)c3ccccc32)c(=O)n(-c2ccccc2)n1C. The molecule has 3 heterocycles. The number of nitrogens with one attached hydrogen (secondary N) is 1. The summed E-state index contributed by atoms with van der Waals surface area (Å²) in [6.07, 6.45) is 0. The Hall–Kier alpha value is -4.81. The van der Waals surface area contributed by atoms with Gasteiger partial charge in [0.15, 0.2) is 0 Å². The van der Waals surface area contributed by atoms with Crippen LogP contribution in [0.2, 0.25) is 0 Å². The number of rotatable bonds is 6. The van der Waals surface area contributed by atoms with E-state index in [0.717, 1.165) is 11.8 Å². The molecule has 0 aliphatic carbocycles. The van der Waals surface area contributed by atoms with Gasteiger partial charge in [0.05, 0.1) is 34.1 Å². The predicted octanol–water partition coefficient (Wildman–Crippen LogP) is 4.38. The zero-order valence-corrected chi connectivity index (χ0v) is 24.7. The summed E-state index contributed by atoms with van der Waals surface area (Å²) < 4.78 is 16.7. The van der Waals surface area contributed by atoms with E-state index in [2.05, 4.69) is 5.32 Å². The minimum atomic E-state index is -0.570. The van der Waals surface area contributed by atoms with Crippen molar-refractivity contribution in [1.82, 2.24) is 14.3 Å². The number of hydrogen-bond donors (Lipinski definition) is 1. The van der Waals surface area contributed by atoms with Gasteiger partial charge in [-0.25, -0.2) is 9.07 Å². The lowest BCUT2D eigenvalue weighted by molar-refractivity contribution is -0.122. The molecule has 1 saturated heterocycles. The maximum absolute atomic E-state index is 13.8. The Morgan fingerprint density at radius 3 is 2.30 bits per heavy atom. The molecule has 9 nitrogen and oxygen atoms in total. The molecule has 1 aromatic heterocycles. The smallest absolute Gasteiger partial charge is 0.295 e. The first-order valence-electron chi connectivity index (χ1n) is 13.2. The summed E-state index contributed by atoms with van der Waals surface area (Å²) in [7, 11) is 1.72. The van der Waals surface area contributed by atoms with Gasteiger partial charge in [0.2, 0.25) is 5.91 Å². The number of thioether (sulfide) groups is 1. The third-order valence-corrected chi connectivity index (χ3v) is 8.82. The molecule has 2 aliphatic heterocycles. The fraction of sp³-hybridized carbons (Fsp3) is 0.129. The van der Waals surface area contributed by atoms with Crippen molar-refractivity contribution in [1.29, 1.82) is 0 Å². The van der Waals surface area contributed by atoms with Gasteiger partial charge in [-0.3, -0.25) is 33.7 Å². The van der Waals surface area contributed by atoms with Gasteiger partial charge in [0.25, 0.3) is 17.4 Å². The highest BCUT2D eigenvalue weighted by atomic mass is 32.2. The molecule has 43 heavy (non-hydrogen) atoms. The van der Waals surface area contributed by atoms with Crippen LogP contribution in [0.3, 0.4) is 0 Å². The number of thiocarbonyl (C=S) groups is 1. The number of carbonyl (C=O) groups is 3. The number of anilines is 2. The van der Waals surface area contributed by atoms with Crippen molar-refractivity contribution in [3.05, 3.63) is 117 Å². The van der Waals surface area contributed by atoms with Crippen LogP contribution in [0.5, 0.6) is 0 Å². The van der Waals surface area contributed by atoms with Crippen molar-refractivity contribution < 1.29 is 18.8 Å². The summed E-state index contributed by atoms with van der Waals surface area (Å²) >= 11 is 6.49. The number of amides is 3. The van der Waals surface area contributed by atoms with Gasteiger partial charge >= 0.3 is 0 Å². The standard InChI is InChI=1S/C31H24FN5O4S2/c1-18-26(29(40)37(34(18)2)21-8-4-3-5-9-21)33-24(38)17-35-23-11-7-6-10-22(23)25(28(35)39)27-30(41)36(31(42)43-27)16-19-12-14-20(32)15-13-19/h3-15H,16-17H2,1-2H3,(H,33,38). The number of halogens is 1. The molecule has 1 fully saturated rings. The van der Waals surface area contributed by atoms with E-state index in [4.69, 9.17) is 12.2 Å². The lowest BCUT2D eigenvalue weighted by Gasteiger charge is -2.16. The summed E-state index contributed by atoms with van der Waals surface area (Å²) in [6, 6.07) is 21.7. The van der Waals surface area contributed by atoms with Crippen molar-refractivity contribution in [3.63, 3.8) is 0 Å². The van der Waals surface area contributed by atoms with Gasteiger partial charge in [-0.15, -0.1) is 0 Å². The van der Waals surface area contributed by atoms with E-state index >= 15 is 0 Å². The normalized spacial score (nSPS) is 16.3. The minimum Gasteiger partial charge on any atom is -0.318 e. The molecule has 3 amide bonds. The Morgan fingerprint density at radius 2 is 1.58 bits per heavy atom. The van der Waals surface area contributed by atoms with Crippen LogP contribution in [0.1, 0.15) is 16.8 Å². The topological polar surface area (TPSA) is 96.7 Å². The van der Waals surface area contributed by atoms with E-state index in [1.165, 1.54) is 26.6 Å². The quantitative estimate of drug-likeness (QED) is 0.256. The number of nitrogens with zero attached hydrogens (tertiary/aromatic N) is 4. The van der Waals surface area contributed by atoms with Gasteiger partial charge in [-0.05, 0) is 42.8 Å². The second-order valence-corrected chi connectivity index (χ2v) is 11.6. The average Bonchev–Trinajstić information content (AvgIpc) is 3.51. The molecule has 6 rings (SSSR count).